The van der Waals surface area contributed by atoms with E-state index in [1.807, 2.05) is 24.5 Å². The number of nitrogens with zero attached hydrogens (tertiary/aromatic N) is 3. The van der Waals surface area contributed by atoms with Crippen molar-refractivity contribution in [1.82, 2.24) is 15.0 Å². The van der Waals surface area contributed by atoms with Crippen LogP contribution in [0, 0.1) is 13.8 Å². The lowest BCUT2D eigenvalue weighted by atomic mass is 9.95. The first kappa shape index (κ1) is 20.0. The van der Waals surface area contributed by atoms with Gasteiger partial charge in [0, 0.05) is 28.0 Å². The molecule has 3 aromatic rings. The highest BCUT2D eigenvalue weighted by Crippen LogP contribution is 2.38. The first-order valence-electron chi connectivity index (χ1n) is 9.79. The van der Waals surface area contributed by atoms with Crippen LogP contribution in [0.5, 0.6) is 0 Å². The van der Waals surface area contributed by atoms with Crippen LogP contribution in [-0.2, 0) is 12.8 Å². The van der Waals surface area contributed by atoms with Crippen molar-refractivity contribution in [2.24, 2.45) is 5.10 Å². The van der Waals surface area contributed by atoms with Gasteiger partial charge in [-0.15, -0.1) is 11.3 Å². The van der Waals surface area contributed by atoms with E-state index in [1.54, 1.807) is 41.9 Å². The molecule has 0 atom stereocenters. The van der Waals surface area contributed by atoms with Crippen molar-refractivity contribution in [2.45, 2.75) is 39.5 Å². The molecule has 154 valence electrons. The van der Waals surface area contributed by atoms with Crippen molar-refractivity contribution in [3.05, 3.63) is 69.1 Å². The second-order valence-corrected chi connectivity index (χ2v) is 8.36. The van der Waals surface area contributed by atoms with Gasteiger partial charge in [-0.3, -0.25) is 9.78 Å². The lowest BCUT2D eigenvalue weighted by molar-refractivity contribution is 0.0695. The Morgan fingerprint density at radius 2 is 2.07 bits per heavy atom. The molecule has 7 nitrogen and oxygen atoms in total. The highest BCUT2D eigenvalue weighted by Gasteiger charge is 2.27. The van der Waals surface area contributed by atoms with Gasteiger partial charge in [0.2, 0.25) is 0 Å². The van der Waals surface area contributed by atoms with Crippen LogP contribution >= 0.6 is 11.3 Å². The number of aromatic nitrogens is 2. The van der Waals surface area contributed by atoms with Crippen LogP contribution in [-0.4, -0.2) is 32.7 Å². The first-order valence-corrected chi connectivity index (χ1v) is 10.6. The van der Waals surface area contributed by atoms with Crippen molar-refractivity contribution in [3.8, 4) is 5.00 Å². The zero-order valence-electron chi connectivity index (χ0n) is 16.8. The Hall–Kier alpha value is -3.26. The summed E-state index contributed by atoms with van der Waals surface area (Å²) in [7, 11) is 0. The van der Waals surface area contributed by atoms with E-state index < -0.39 is 5.97 Å². The second-order valence-electron chi connectivity index (χ2n) is 7.27. The maximum atomic E-state index is 12.1. The Morgan fingerprint density at radius 3 is 2.80 bits per heavy atom. The number of carbonyl (C=O) groups excluding carboxylic acids is 1. The van der Waals surface area contributed by atoms with Gasteiger partial charge in [0.25, 0.3) is 5.91 Å². The number of carboxylic acids is 1. The topological polar surface area (TPSA) is 96.6 Å². The van der Waals surface area contributed by atoms with Crippen LogP contribution in [0.1, 0.15) is 61.1 Å². The van der Waals surface area contributed by atoms with Crippen LogP contribution in [0.2, 0.25) is 0 Å². The minimum Gasteiger partial charge on any atom is -0.478 e. The van der Waals surface area contributed by atoms with E-state index in [-0.39, 0.29) is 11.6 Å². The monoisotopic (exact) mass is 422 g/mol. The largest absolute Gasteiger partial charge is 0.478 e. The van der Waals surface area contributed by atoms with Crippen LogP contribution < -0.4 is 5.43 Å². The number of aromatic carboxylic acids is 1. The van der Waals surface area contributed by atoms with Crippen LogP contribution in [0.15, 0.2) is 35.6 Å². The highest BCUT2D eigenvalue weighted by atomic mass is 32.1. The van der Waals surface area contributed by atoms with Gasteiger partial charge in [-0.05, 0) is 63.3 Å². The van der Waals surface area contributed by atoms with E-state index in [9.17, 15) is 14.7 Å². The normalized spacial score (nSPS) is 13.4. The number of fused-ring (bicyclic) bond motifs is 1. The number of hydrogen-bond acceptors (Lipinski definition) is 5. The minimum atomic E-state index is -0.880. The predicted molar refractivity (Wildman–Crippen MR) is 116 cm³/mol. The van der Waals surface area contributed by atoms with E-state index in [0.29, 0.717) is 5.56 Å². The lowest BCUT2D eigenvalue weighted by Gasteiger charge is -2.11. The fraction of sp³-hybridized carbons (Fsp3) is 0.273. The van der Waals surface area contributed by atoms with Crippen molar-refractivity contribution >= 4 is 29.4 Å². The quantitative estimate of drug-likeness (QED) is 0.481. The van der Waals surface area contributed by atoms with Crippen LogP contribution in [0.3, 0.4) is 0 Å². The van der Waals surface area contributed by atoms with E-state index >= 15 is 0 Å². The van der Waals surface area contributed by atoms with Gasteiger partial charge in [0.1, 0.15) is 10.7 Å². The average Bonchev–Trinajstić information content (AvgIpc) is 3.25. The summed E-state index contributed by atoms with van der Waals surface area (Å²) < 4.78 is 1.98. The Balaban J connectivity index is 1.64. The van der Waals surface area contributed by atoms with Gasteiger partial charge in [-0.1, -0.05) is 6.07 Å². The number of carboxylic acid groups (broad SMARTS) is 1. The molecule has 0 radical (unpaired) electrons. The van der Waals surface area contributed by atoms with Crippen molar-refractivity contribution < 1.29 is 14.7 Å². The standard InChI is InChI=1S/C22H22N4O3S/c1-13-11-15(12-24-25-20(27)17-8-5-6-10-23-17)14(2)26(13)21-19(22(28)29)16-7-3-4-9-18(16)30-21/h5-6,8,10-12H,3-4,7,9H2,1-2H3,(H,25,27)(H,28,29)/b24-12-. The molecular formula is C22H22N4O3S. The van der Waals surface area contributed by atoms with Crippen molar-refractivity contribution in [3.63, 3.8) is 0 Å². The fourth-order valence-corrected chi connectivity index (χ4v) is 5.37. The third-order valence-corrected chi connectivity index (χ3v) is 6.58. The Morgan fingerprint density at radius 1 is 1.27 bits per heavy atom. The van der Waals surface area contributed by atoms with Gasteiger partial charge >= 0.3 is 5.97 Å². The number of hydrogen-bond donors (Lipinski definition) is 2. The molecule has 30 heavy (non-hydrogen) atoms. The van der Waals surface area contributed by atoms with E-state index in [0.717, 1.165) is 53.2 Å². The zero-order chi connectivity index (χ0) is 21.3. The van der Waals surface area contributed by atoms with Crippen molar-refractivity contribution in [2.75, 3.05) is 0 Å². The molecule has 0 saturated carbocycles. The maximum Gasteiger partial charge on any atom is 0.339 e. The molecule has 0 saturated heterocycles. The molecule has 0 aromatic carbocycles. The number of hydrazone groups is 1. The molecule has 0 bridgehead atoms. The molecule has 1 amide bonds. The molecule has 0 aliphatic heterocycles. The summed E-state index contributed by atoms with van der Waals surface area (Å²) in [5.41, 5.74) is 6.79. The van der Waals surface area contributed by atoms with Crippen LogP contribution in [0.4, 0.5) is 0 Å². The molecular weight excluding hydrogens is 400 g/mol. The molecule has 8 heteroatoms. The number of nitrogens with one attached hydrogen (secondary N) is 1. The number of rotatable bonds is 5. The third kappa shape index (κ3) is 3.66. The molecule has 2 N–H and O–H groups in total. The van der Waals surface area contributed by atoms with Gasteiger partial charge in [-0.25, -0.2) is 10.2 Å². The molecule has 3 aromatic heterocycles. The first-order chi connectivity index (χ1) is 14.5. The summed E-state index contributed by atoms with van der Waals surface area (Å²) in [6.07, 6.45) is 7.01. The van der Waals surface area contributed by atoms with Crippen LogP contribution in [0.25, 0.3) is 5.00 Å². The van der Waals surface area contributed by atoms with E-state index in [2.05, 4.69) is 15.5 Å². The summed E-state index contributed by atoms with van der Waals surface area (Å²) in [5, 5.41) is 14.7. The van der Waals surface area contributed by atoms with Gasteiger partial charge in [0.05, 0.1) is 11.8 Å². The zero-order valence-corrected chi connectivity index (χ0v) is 17.6. The summed E-state index contributed by atoms with van der Waals surface area (Å²) in [4.78, 5) is 29.3. The SMILES string of the molecule is Cc1cc(/C=N\NC(=O)c2ccccn2)c(C)n1-c1sc2c(c1C(=O)O)CCCC2. The fourth-order valence-electron chi connectivity index (χ4n) is 3.88. The second kappa shape index (κ2) is 8.23. The van der Waals surface area contributed by atoms with Crippen molar-refractivity contribution in [1.29, 1.82) is 0 Å². The molecule has 0 unspecified atom stereocenters. The number of amides is 1. The minimum absolute atomic E-state index is 0.287. The Kier molecular flexibility index (Phi) is 5.50. The van der Waals surface area contributed by atoms with Gasteiger partial charge < -0.3 is 9.67 Å². The molecule has 1 aliphatic rings. The summed E-state index contributed by atoms with van der Waals surface area (Å²) in [6, 6.07) is 7.03. The summed E-state index contributed by atoms with van der Waals surface area (Å²) in [5.74, 6) is -1.27. The van der Waals surface area contributed by atoms with Gasteiger partial charge in [-0.2, -0.15) is 5.10 Å². The Labute approximate surface area is 178 Å². The predicted octanol–water partition coefficient (Wildman–Crippen LogP) is 3.89. The number of carbonyl (C=O) groups is 2. The highest BCUT2D eigenvalue weighted by molar-refractivity contribution is 7.15. The number of thiophene rings is 1. The van der Waals surface area contributed by atoms with E-state index in [1.165, 1.54) is 4.88 Å². The number of aryl methyl sites for hydroxylation is 2. The van der Waals surface area contributed by atoms with E-state index in [4.69, 9.17) is 0 Å². The summed E-state index contributed by atoms with van der Waals surface area (Å²) in [6.45, 7) is 3.88. The van der Waals surface area contributed by atoms with Gasteiger partial charge in [0.15, 0.2) is 0 Å². The number of pyridine rings is 1. The molecule has 1 aliphatic carbocycles. The molecule has 0 fully saturated rings. The Bertz CT molecular complexity index is 1150. The average molecular weight is 423 g/mol. The molecule has 0 spiro atoms. The third-order valence-electron chi connectivity index (χ3n) is 5.31. The smallest absolute Gasteiger partial charge is 0.339 e. The summed E-state index contributed by atoms with van der Waals surface area (Å²) >= 11 is 1.57. The lowest BCUT2D eigenvalue weighted by Crippen LogP contribution is -2.18. The molecule has 3 heterocycles. The molecule has 4 rings (SSSR count). The maximum absolute atomic E-state index is 12.1.